The Balaban J connectivity index is 0.00000242. The van der Waals surface area contributed by atoms with Crippen molar-refractivity contribution in [2.45, 2.75) is 26.1 Å². The minimum Gasteiger partial charge on any atom is -0.493 e. The van der Waals surface area contributed by atoms with E-state index in [-0.39, 0.29) is 18.4 Å². The second-order valence-electron chi connectivity index (χ2n) is 4.82. The molecule has 2 aromatic rings. The van der Waals surface area contributed by atoms with Gasteiger partial charge in [0.05, 0.1) is 25.8 Å². The van der Waals surface area contributed by atoms with Crippen LogP contribution in [0, 0.1) is 0 Å². The Kier molecular flexibility index (Phi) is 7.51. The summed E-state index contributed by atoms with van der Waals surface area (Å²) in [6, 6.07) is 6.02. The summed E-state index contributed by atoms with van der Waals surface area (Å²) in [5, 5.41) is 8.18. The van der Waals surface area contributed by atoms with Crippen molar-refractivity contribution in [2.24, 2.45) is 0 Å². The molecule has 0 radical (unpaired) electrons. The van der Waals surface area contributed by atoms with Crippen LogP contribution < -0.4 is 14.8 Å². The highest BCUT2D eigenvalue weighted by molar-refractivity contribution is 6.32. The number of hydrogen-bond donors (Lipinski definition) is 1. The topological polar surface area (TPSA) is 48.3 Å². The van der Waals surface area contributed by atoms with Crippen LogP contribution in [0.4, 0.5) is 0 Å². The van der Waals surface area contributed by atoms with Crippen molar-refractivity contribution in [2.75, 3.05) is 14.2 Å². The van der Waals surface area contributed by atoms with Crippen LogP contribution in [0.3, 0.4) is 0 Å². The molecule has 0 aliphatic heterocycles. The highest BCUT2D eigenvalue weighted by Gasteiger charge is 2.11. The van der Waals surface area contributed by atoms with Gasteiger partial charge in [0.15, 0.2) is 11.5 Å². The van der Waals surface area contributed by atoms with Gasteiger partial charge in [-0.3, -0.25) is 4.68 Å². The summed E-state index contributed by atoms with van der Waals surface area (Å²) in [7, 11) is 3.18. The maximum absolute atomic E-state index is 6.20. The highest BCUT2D eigenvalue weighted by atomic mass is 35.5. The number of hydrogen-bond acceptors (Lipinski definition) is 4. The van der Waals surface area contributed by atoms with E-state index in [4.69, 9.17) is 21.1 Å². The molecule has 122 valence electrons. The van der Waals surface area contributed by atoms with Gasteiger partial charge in [-0.2, -0.15) is 5.10 Å². The summed E-state index contributed by atoms with van der Waals surface area (Å²) >= 11 is 6.20. The first-order valence-electron chi connectivity index (χ1n) is 6.75. The van der Waals surface area contributed by atoms with Gasteiger partial charge in [-0.25, -0.2) is 0 Å². The van der Waals surface area contributed by atoms with Crippen molar-refractivity contribution in [1.29, 1.82) is 0 Å². The summed E-state index contributed by atoms with van der Waals surface area (Å²) in [6.45, 7) is 3.63. The molecule has 1 N–H and O–H groups in total. The third-order valence-corrected chi connectivity index (χ3v) is 3.45. The molecule has 2 rings (SSSR count). The molecule has 22 heavy (non-hydrogen) atoms. The van der Waals surface area contributed by atoms with Crippen LogP contribution in [0.25, 0.3) is 0 Å². The van der Waals surface area contributed by atoms with Gasteiger partial charge in [0.2, 0.25) is 0 Å². The lowest BCUT2D eigenvalue weighted by Gasteiger charge is -2.16. The average molecular weight is 346 g/mol. The lowest BCUT2D eigenvalue weighted by Crippen LogP contribution is -2.30. The molecule has 0 aliphatic carbocycles. The third kappa shape index (κ3) is 4.80. The number of ether oxygens (including phenoxy) is 2. The minimum absolute atomic E-state index is 0. The summed E-state index contributed by atoms with van der Waals surface area (Å²) in [6.07, 6.45) is 3.73. The number of aromatic nitrogens is 2. The van der Waals surface area contributed by atoms with Gasteiger partial charge >= 0.3 is 0 Å². The van der Waals surface area contributed by atoms with E-state index < -0.39 is 0 Å². The maximum atomic E-state index is 6.20. The predicted molar refractivity (Wildman–Crippen MR) is 90.3 cm³/mol. The number of benzene rings is 1. The van der Waals surface area contributed by atoms with Crippen LogP contribution >= 0.6 is 24.0 Å². The van der Waals surface area contributed by atoms with E-state index in [1.54, 1.807) is 20.4 Å². The second kappa shape index (κ2) is 8.88. The quantitative estimate of drug-likeness (QED) is 0.837. The van der Waals surface area contributed by atoms with E-state index in [0.29, 0.717) is 23.1 Å². The largest absolute Gasteiger partial charge is 0.493 e. The fourth-order valence-corrected chi connectivity index (χ4v) is 2.43. The normalized spacial score (nSPS) is 11.6. The maximum Gasteiger partial charge on any atom is 0.179 e. The molecule has 1 atom stereocenters. The molecule has 0 bridgehead atoms. The Labute approximate surface area is 142 Å². The van der Waals surface area contributed by atoms with Crippen LogP contribution in [-0.2, 0) is 13.1 Å². The van der Waals surface area contributed by atoms with E-state index in [1.165, 1.54) is 0 Å². The fourth-order valence-electron chi connectivity index (χ4n) is 2.12. The standard InChI is InChI=1S/C15H20ClN3O2.ClH/c1-11(10-19-6-4-5-18-19)17-9-12-7-13(16)15(21-3)14(8-12)20-2;/h4-8,11,17H,9-10H2,1-3H3;1H. The number of nitrogens with one attached hydrogen (secondary N) is 1. The van der Waals surface area contributed by atoms with Gasteiger partial charge in [0.1, 0.15) is 0 Å². The van der Waals surface area contributed by atoms with E-state index in [1.807, 2.05) is 29.1 Å². The lowest BCUT2D eigenvalue weighted by atomic mass is 10.2. The summed E-state index contributed by atoms with van der Waals surface area (Å²) in [5.74, 6) is 1.20. The van der Waals surface area contributed by atoms with E-state index in [0.717, 1.165) is 12.1 Å². The molecule has 1 aromatic heterocycles. The zero-order valence-corrected chi connectivity index (χ0v) is 14.4. The molecular weight excluding hydrogens is 325 g/mol. The fraction of sp³-hybridized carbons (Fsp3) is 0.400. The van der Waals surface area contributed by atoms with Gasteiger partial charge < -0.3 is 14.8 Å². The Bertz CT molecular complexity index is 576. The lowest BCUT2D eigenvalue weighted by molar-refractivity contribution is 0.354. The first kappa shape index (κ1) is 18.6. The zero-order valence-electron chi connectivity index (χ0n) is 12.9. The number of nitrogens with zero attached hydrogens (tertiary/aromatic N) is 2. The predicted octanol–water partition coefficient (Wildman–Crippen LogP) is 3.15. The highest BCUT2D eigenvalue weighted by Crippen LogP contribution is 2.35. The Morgan fingerprint density at radius 1 is 1.32 bits per heavy atom. The summed E-state index contributed by atoms with van der Waals surface area (Å²) in [5.41, 5.74) is 1.05. The molecule has 0 saturated carbocycles. The number of methoxy groups -OCH3 is 2. The van der Waals surface area contributed by atoms with Gasteiger partial charge in [0, 0.05) is 25.0 Å². The second-order valence-corrected chi connectivity index (χ2v) is 5.23. The molecule has 0 spiro atoms. The van der Waals surface area contributed by atoms with Gasteiger partial charge in [0.25, 0.3) is 0 Å². The number of rotatable bonds is 7. The average Bonchev–Trinajstić information content (AvgIpc) is 2.97. The molecule has 0 aliphatic rings. The first-order valence-corrected chi connectivity index (χ1v) is 7.13. The van der Waals surface area contributed by atoms with Crippen LogP contribution in [0.5, 0.6) is 11.5 Å². The van der Waals surface area contributed by atoms with Crippen molar-refractivity contribution >= 4 is 24.0 Å². The van der Waals surface area contributed by atoms with Crippen LogP contribution in [0.2, 0.25) is 5.02 Å². The van der Waals surface area contributed by atoms with Crippen LogP contribution in [-0.4, -0.2) is 30.0 Å². The van der Waals surface area contributed by atoms with Crippen LogP contribution in [0.1, 0.15) is 12.5 Å². The summed E-state index contributed by atoms with van der Waals surface area (Å²) in [4.78, 5) is 0. The monoisotopic (exact) mass is 345 g/mol. The molecule has 0 saturated heterocycles. The molecule has 0 fully saturated rings. The van der Waals surface area contributed by atoms with Gasteiger partial charge in [-0.15, -0.1) is 12.4 Å². The van der Waals surface area contributed by atoms with Crippen molar-refractivity contribution in [3.05, 3.63) is 41.2 Å². The molecule has 1 heterocycles. The number of halogens is 2. The Morgan fingerprint density at radius 3 is 2.68 bits per heavy atom. The van der Waals surface area contributed by atoms with E-state index in [2.05, 4.69) is 17.3 Å². The molecule has 1 aromatic carbocycles. The van der Waals surface area contributed by atoms with Gasteiger partial charge in [-0.05, 0) is 30.7 Å². The molecule has 1 unspecified atom stereocenters. The van der Waals surface area contributed by atoms with Crippen LogP contribution in [0.15, 0.2) is 30.6 Å². The molecule has 7 heteroatoms. The van der Waals surface area contributed by atoms with Crippen molar-refractivity contribution in [3.63, 3.8) is 0 Å². The van der Waals surface area contributed by atoms with Gasteiger partial charge in [-0.1, -0.05) is 11.6 Å². The zero-order chi connectivity index (χ0) is 15.2. The van der Waals surface area contributed by atoms with Crippen molar-refractivity contribution in [3.8, 4) is 11.5 Å². The smallest absolute Gasteiger partial charge is 0.179 e. The summed E-state index contributed by atoms with van der Waals surface area (Å²) < 4.78 is 12.4. The molecule has 0 amide bonds. The minimum atomic E-state index is 0. The van der Waals surface area contributed by atoms with Crippen molar-refractivity contribution < 1.29 is 9.47 Å². The first-order chi connectivity index (χ1) is 10.1. The molecule has 5 nitrogen and oxygen atoms in total. The third-order valence-electron chi connectivity index (χ3n) is 3.17. The van der Waals surface area contributed by atoms with Crippen molar-refractivity contribution in [1.82, 2.24) is 15.1 Å². The SMILES string of the molecule is COc1cc(CNC(C)Cn2cccn2)cc(Cl)c1OC.Cl. The Hall–Kier alpha value is -1.43. The Morgan fingerprint density at radius 2 is 2.09 bits per heavy atom. The van der Waals surface area contributed by atoms with E-state index >= 15 is 0 Å². The van der Waals surface area contributed by atoms with E-state index in [9.17, 15) is 0 Å². The molecular formula is C15H21Cl2N3O2.